The van der Waals surface area contributed by atoms with Crippen LogP contribution in [0, 0.1) is 10.1 Å². The molecule has 0 aromatic heterocycles. The summed E-state index contributed by atoms with van der Waals surface area (Å²) in [7, 11) is -0.817. The van der Waals surface area contributed by atoms with Crippen molar-refractivity contribution in [3.8, 4) is 0 Å². The number of esters is 1. The molecule has 0 saturated heterocycles. The number of hydrogen-bond donors (Lipinski definition) is 0. The number of hydrogen-bond acceptors (Lipinski definition) is 4. The number of carbonyl (C=O) groups is 1. The summed E-state index contributed by atoms with van der Waals surface area (Å²) >= 11 is 0. The third-order valence-electron chi connectivity index (χ3n) is 2.33. The Balaban J connectivity index is 2.78. The third kappa shape index (κ3) is 3.52. The van der Waals surface area contributed by atoms with E-state index in [1.807, 2.05) is 13.1 Å². The average Bonchev–Trinajstić information content (AvgIpc) is 2.35. The van der Waals surface area contributed by atoms with Crippen LogP contribution >= 0.6 is 0 Å². The highest BCUT2D eigenvalue weighted by atomic mass is 28.3. The van der Waals surface area contributed by atoms with Gasteiger partial charge >= 0.3 is 5.97 Å². The SMILES string of the molecule is C=CC(OC(=O)c1ccc([N+](=O)[O-])cc1)[Si](C)C. The summed E-state index contributed by atoms with van der Waals surface area (Å²) in [4.78, 5) is 21.7. The maximum absolute atomic E-state index is 11.8. The molecule has 0 heterocycles. The Kier molecular flexibility index (Phi) is 4.79. The molecule has 1 rings (SSSR count). The maximum atomic E-state index is 11.8. The number of ether oxygens (including phenoxy) is 1. The fourth-order valence-corrected chi connectivity index (χ4v) is 2.12. The lowest BCUT2D eigenvalue weighted by molar-refractivity contribution is -0.384. The number of nitrogens with zero attached hydrogens (tertiary/aromatic N) is 1. The third-order valence-corrected chi connectivity index (χ3v) is 3.82. The maximum Gasteiger partial charge on any atom is 0.338 e. The van der Waals surface area contributed by atoms with Crippen molar-refractivity contribution in [2.75, 3.05) is 0 Å². The molecular weight excluding hydrogens is 250 g/mol. The van der Waals surface area contributed by atoms with E-state index in [2.05, 4.69) is 6.58 Å². The van der Waals surface area contributed by atoms with Crippen molar-refractivity contribution in [1.29, 1.82) is 0 Å². The Morgan fingerprint density at radius 2 is 2.00 bits per heavy atom. The molecule has 1 atom stereocenters. The summed E-state index contributed by atoms with van der Waals surface area (Å²) in [6, 6.07) is 5.34. The molecule has 0 N–H and O–H groups in total. The molecule has 0 aliphatic heterocycles. The van der Waals surface area contributed by atoms with E-state index in [-0.39, 0.29) is 11.4 Å². The molecule has 0 bridgehead atoms. The molecule has 1 aromatic carbocycles. The Morgan fingerprint density at radius 1 is 1.44 bits per heavy atom. The van der Waals surface area contributed by atoms with Gasteiger partial charge in [-0.1, -0.05) is 25.7 Å². The highest BCUT2D eigenvalue weighted by molar-refractivity contribution is 6.58. The molecular formula is C12H14NO4Si. The van der Waals surface area contributed by atoms with Crippen LogP contribution in [0.1, 0.15) is 10.4 Å². The molecule has 0 spiro atoms. The molecule has 0 aliphatic rings. The van der Waals surface area contributed by atoms with Crippen LogP contribution in [0.2, 0.25) is 13.1 Å². The molecule has 1 unspecified atom stereocenters. The first-order chi connectivity index (χ1) is 8.45. The largest absolute Gasteiger partial charge is 0.459 e. The average molecular weight is 264 g/mol. The minimum atomic E-state index is -0.817. The second-order valence-electron chi connectivity index (χ2n) is 3.94. The fraction of sp³-hybridized carbons (Fsp3) is 0.250. The van der Waals surface area contributed by atoms with Gasteiger partial charge in [0.1, 0.15) is 5.73 Å². The van der Waals surface area contributed by atoms with Crippen molar-refractivity contribution in [1.82, 2.24) is 0 Å². The molecule has 0 saturated carbocycles. The molecule has 1 aromatic rings. The molecule has 18 heavy (non-hydrogen) atoms. The Morgan fingerprint density at radius 3 is 2.39 bits per heavy atom. The van der Waals surface area contributed by atoms with Crippen LogP contribution in [0.15, 0.2) is 36.9 Å². The fourth-order valence-electron chi connectivity index (χ4n) is 1.30. The van der Waals surface area contributed by atoms with Gasteiger partial charge in [0, 0.05) is 12.1 Å². The van der Waals surface area contributed by atoms with Crippen molar-refractivity contribution in [3.05, 3.63) is 52.6 Å². The van der Waals surface area contributed by atoms with Gasteiger partial charge < -0.3 is 4.74 Å². The second kappa shape index (κ2) is 6.11. The number of benzene rings is 1. The minimum absolute atomic E-state index is 0.0532. The molecule has 5 nitrogen and oxygen atoms in total. The van der Waals surface area contributed by atoms with E-state index >= 15 is 0 Å². The zero-order chi connectivity index (χ0) is 13.7. The van der Waals surface area contributed by atoms with Crippen LogP contribution in [0.4, 0.5) is 5.69 Å². The number of nitro groups is 1. The predicted molar refractivity (Wildman–Crippen MR) is 70.0 cm³/mol. The number of rotatable bonds is 5. The quantitative estimate of drug-likeness (QED) is 0.269. The summed E-state index contributed by atoms with van der Waals surface area (Å²) in [5.74, 6) is -0.485. The van der Waals surface area contributed by atoms with Crippen LogP contribution in [-0.4, -0.2) is 25.4 Å². The normalized spacial score (nSPS) is 11.9. The number of non-ortho nitro benzene ring substituents is 1. The van der Waals surface area contributed by atoms with Gasteiger partial charge in [-0.2, -0.15) is 0 Å². The summed E-state index contributed by atoms with van der Waals surface area (Å²) < 4.78 is 5.27. The van der Waals surface area contributed by atoms with Gasteiger partial charge in [0.25, 0.3) is 5.69 Å². The molecule has 0 fully saturated rings. The monoisotopic (exact) mass is 264 g/mol. The number of carbonyl (C=O) groups excluding carboxylic acids is 1. The zero-order valence-electron chi connectivity index (χ0n) is 10.3. The summed E-state index contributed by atoms with van der Waals surface area (Å²) in [6.45, 7) is 7.65. The highest BCUT2D eigenvalue weighted by Gasteiger charge is 2.18. The highest BCUT2D eigenvalue weighted by Crippen LogP contribution is 2.13. The molecule has 0 aliphatic carbocycles. The van der Waals surface area contributed by atoms with Crippen molar-refractivity contribution in [3.63, 3.8) is 0 Å². The standard InChI is InChI=1S/C12H14NO4Si/c1-4-11(18(2)3)17-12(14)9-5-7-10(8-6-9)13(15)16/h4-8,11H,1H2,2-3H3. The van der Waals surface area contributed by atoms with E-state index < -0.39 is 19.7 Å². The minimum Gasteiger partial charge on any atom is -0.459 e. The predicted octanol–water partition coefficient (Wildman–Crippen LogP) is 2.60. The van der Waals surface area contributed by atoms with Gasteiger partial charge in [-0.25, -0.2) is 4.79 Å². The van der Waals surface area contributed by atoms with E-state index in [1.165, 1.54) is 24.3 Å². The van der Waals surface area contributed by atoms with Crippen molar-refractivity contribution >= 4 is 20.5 Å². The van der Waals surface area contributed by atoms with E-state index in [4.69, 9.17) is 4.74 Å². The van der Waals surface area contributed by atoms with E-state index in [1.54, 1.807) is 6.08 Å². The van der Waals surface area contributed by atoms with E-state index in [0.717, 1.165) is 0 Å². The zero-order valence-corrected chi connectivity index (χ0v) is 11.3. The Bertz CT molecular complexity index is 456. The van der Waals surface area contributed by atoms with Crippen LogP contribution in [0.5, 0.6) is 0 Å². The lowest BCUT2D eigenvalue weighted by Gasteiger charge is -2.16. The van der Waals surface area contributed by atoms with Crippen LogP contribution in [0.3, 0.4) is 0 Å². The molecule has 95 valence electrons. The van der Waals surface area contributed by atoms with Gasteiger partial charge in [-0.05, 0) is 12.1 Å². The molecule has 0 amide bonds. The first-order valence-electron chi connectivity index (χ1n) is 5.33. The van der Waals surface area contributed by atoms with Crippen LogP contribution in [0.25, 0.3) is 0 Å². The van der Waals surface area contributed by atoms with Crippen molar-refractivity contribution in [2.24, 2.45) is 0 Å². The summed E-state index contributed by atoms with van der Waals surface area (Å²) in [5.41, 5.74) is -0.0176. The van der Waals surface area contributed by atoms with E-state index in [0.29, 0.717) is 5.56 Å². The summed E-state index contributed by atoms with van der Waals surface area (Å²) in [6.07, 6.45) is 1.61. The lowest BCUT2D eigenvalue weighted by Crippen LogP contribution is -2.28. The van der Waals surface area contributed by atoms with Gasteiger partial charge in [0.2, 0.25) is 0 Å². The van der Waals surface area contributed by atoms with Crippen molar-refractivity contribution < 1.29 is 14.5 Å². The number of nitro benzene ring substituents is 1. The van der Waals surface area contributed by atoms with Gasteiger partial charge in [-0.3, -0.25) is 10.1 Å². The summed E-state index contributed by atoms with van der Waals surface area (Å²) in [5, 5.41) is 10.5. The van der Waals surface area contributed by atoms with Crippen LogP contribution < -0.4 is 0 Å². The lowest BCUT2D eigenvalue weighted by atomic mass is 10.2. The Hall–Kier alpha value is -1.95. The Labute approximate surface area is 107 Å². The van der Waals surface area contributed by atoms with Gasteiger partial charge in [0.05, 0.1) is 19.3 Å². The van der Waals surface area contributed by atoms with E-state index in [9.17, 15) is 14.9 Å². The first-order valence-corrected chi connectivity index (χ1v) is 7.91. The topological polar surface area (TPSA) is 69.4 Å². The van der Waals surface area contributed by atoms with Crippen molar-refractivity contribution in [2.45, 2.75) is 18.8 Å². The van der Waals surface area contributed by atoms with Gasteiger partial charge in [-0.15, -0.1) is 0 Å². The smallest absolute Gasteiger partial charge is 0.338 e. The molecule has 1 radical (unpaired) electrons. The first kappa shape index (κ1) is 14.1. The molecule has 6 heteroatoms. The second-order valence-corrected chi connectivity index (χ2v) is 6.67. The van der Waals surface area contributed by atoms with Gasteiger partial charge in [0.15, 0.2) is 0 Å². The van der Waals surface area contributed by atoms with Crippen LogP contribution in [-0.2, 0) is 4.74 Å².